The summed E-state index contributed by atoms with van der Waals surface area (Å²) in [4.78, 5) is 22.3. The van der Waals surface area contributed by atoms with Crippen molar-refractivity contribution < 1.29 is 9.79 Å². The van der Waals surface area contributed by atoms with Gasteiger partial charge in [0.1, 0.15) is 0 Å². The van der Waals surface area contributed by atoms with E-state index in [0.29, 0.717) is 6.54 Å². The zero-order valence-corrected chi connectivity index (χ0v) is 16.6. The molecule has 7 heteroatoms. The van der Waals surface area contributed by atoms with Gasteiger partial charge in [0, 0.05) is 0 Å². The summed E-state index contributed by atoms with van der Waals surface area (Å²) in [5.74, 6) is 0. The van der Waals surface area contributed by atoms with Crippen molar-refractivity contribution in [1.82, 2.24) is 9.76 Å². The normalized spacial score (nSPS) is 15.3. The summed E-state index contributed by atoms with van der Waals surface area (Å²) in [6.45, 7) is 15.2. The van der Waals surface area contributed by atoms with E-state index in [0.717, 1.165) is 6.04 Å². The Bertz CT molecular complexity index is 367. The first-order chi connectivity index (χ1) is 9.32. The van der Waals surface area contributed by atoms with Crippen LogP contribution in [0.25, 0.3) is 0 Å². The molecule has 5 nitrogen and oxygen atoms in total. The van der Waals surface area contributed by atoms with Gasteiger partial charge in [-0.05, 0) is 0 Å². The molecule has 0 aliphatic carbocycles. The molecule has 3 N–H and O–H groups in total. The summed E-state index contributed by atoms with van der Waals surface area (Å²) >= 11 is 0. The Morgan fingerprint density at radius 1 is 1.14 bits per heavy atom. The molecule has 0 aromatic heterocycles. The fourth-order valence-corrected chi connectivity index (χ4v) is 7.42. The summed E-state index contributed by atoms with van der Waals surface area (Å²) < 4.78 is 1.77. The van der Waals surface area contributed by atoms with Crippen LogP contribution in [-0.2, 0) is 0 Å². The van der Waals surface area contributed by atoms with Crippen molar-refractivity contribution in [2.45, 2.75) is 71.9 Å². The topological polar surface area (TPSA) is 79.5 Å². The SMILES string of the molecule is CC(C)N(C(C)C)P(O)(O)(CCC#N)NCC[Si](C)(C)C. The summed E-state index contributed by atoms with van der Waals surface area (Å²) in [6.07, 6.45) is 0.227. The van der Waals surface area contributed by atoms with Gasteiger partial charge in [0.05, 0.1) is 0 Å². The van der Waals surface area contributed by atoms with Crippen LogP contribution in [0, 0.1) is 11.3 Å². The molecule has 0 fully saturated rings. The molecule has 0 saturated heterocycles. The second kappa shape index (κ2) is 7.50. The van der Waals surface area contributed by atoms with Gasteiger partial charge in [0.25, 0.3) is 0 Å². The zero-order chi connectivity index (χ0) is 16.9. The predicted molar refractivity (Wildman–Crippen MR) is 94.7 cm³/mol. The van der Waals surface area contributed by atoms with E-state index in [2.05, 4.69) is 24.7 Å². The van der Waals surface area contributed by atoms with Crippen LogP contribution in [0.1, 0.15) is 34.1 Å². The molecule has 126 valence electrons. The van der Waals surface area contributed by atoms with E-state index in [-0.39, 0.29) is 24.7 Å². The Morgan fingerprint density at radius 3 is 1.95 bits per heavy atom. The van der Waals surface area contributed by atoms with Gasteiger partial charge < -0.3 is 0 Å². The molecule has 0 bridgehead atoms. The van der Waals surface area contributed by atoms with Crippen molar-refractivity contribution in [2.75, 3.05) is 12.7 Å². The Morgan fingerprint density at radius 2 is 1.62 bits per heavy atom. The monoisotopic (exact) mass is 335 g/mol. The van der Waals surface area contributed by atoms with Crippen LogP contribution in [-0.4, -0.2) is 47.3 Å². The molecule has 0 aromatic carbocycles. The molecule has 0 atom stereocenters. The number of nitriles is 1. The molecule has 0 amide bonds. The molecule has 0 aliphatic heterocycles. The Hall–Kier alpha value is -0.0231. The second-order valence-electron chi connectivity index (χ2n) is 7.57. The quantitative estimate of drug-likeness (QED) is 0.445. The number of nitrogens with one attached hydrogen (secondary N) is 1. The molecule has 0 radical (unpaired) electrons. The first kappa shape index (κ1) is 21.0. The molecule has 0 heterocycles. The van der Waals surface area contributed by atoms with E-state index >= 15 is 0 Å². The van der Waals surface area contributed by atoms with Crippen molar-refractivity contribution in [3.8, 4) is 6.07 Å². The van der Waals surface area contributed by atoms with Gasteiger partial charge in [-0.1, -0.05) is 0 Å². The van der Waals surface area contributed by atoms with Gasteiger partial charge in [-0.15, -0.1) is 0 Å². The fraction of sp³-hybridized carbons (Fsp3) is 0.929. The summed E-state index contributed by atoms with van der Waals surface area (Å²) in [6, 6.07) is 3.01. The Labute approximate surface area is 131 Å². The molecule has 0 aliphatic rings. The molecular formula is C14H34N3O2PSi. The van der Waals surface area contributed by atoms with Gasteiger partial charge in [-0.25, -0.2) is 0 Å². The standard InChI is InChI=1S/C14H34N3O2PSi/c1-13(2)17(14(3)4)20(18,19,11-8-9-15)16-10-12-21(5,6)7/h13-14,16,18-19H,8,10-12H2,1-7H3. The van der Waals surface area contributed by atoms with Crippen LogP contribution in [0.5, 0.6) is 0 Å². The van der Waals surface area contributed by atoms with E-state index in [1.807, 2.05) is 33.8 Å². The van der Waals surface area contributed by atoms with Crippen molar-refractivity contribution in [1.29, 1.82) is 5.26 Å². The molecule has 0 aromatic rings. The Balaban J connectivity index is 5.31. The van der Waals surface area contributed by atoms with Crippen molar-refractivity contribution in [3.05, 3.63) is 0 Å². The minimum atomic E-state index is -4.23. The van der Waals surface area contributed by atoms with E-state index in [1.165, 1.54) is 0 Å². The van der Waals surface area contributed by atoms with Crippen molar-refractivity contribution in [3.63, 3.8) is 0 Å². The van der Waals surface area contributed by atoms with Gasteiger partial charge in [0.15, 0.2) is 0 Å². The maximum absolute atomic E-state index is 11.2. The van der Waals surface area contributed by atoms with Crippen LogP contribution in [0.2, 0.25) is 25.7 Å². The van der Waals surface area contributed by atoms with Gasteiger partial charge in [0.2, 0.25) is 0 Å². The van der Waals surface area contributed by atoms with Gasteiger partial charge >= 0.3 is 131 Å². The second-order valence-corrected chi connectivity index (χ2v) is 16.7. The number of nitrogens with zero attached hydrogens (tertiary/aromatic N) is 2. The molecular weight excluding hydrogens is 301 g/mol. The Kier molecular flexibility index (Phi) is 7.49. The van der Waals surface area contributed by atoms with Crippen LogP contribution >= 0.6 is 7.36 Å². The van der Waals surface area contributed by atoms with Crippen molar-refractivity contribution >= 4 is 15.4 Å². The molecule has 0 spiro atoms. The third-order valence-electron chi connectivity index (χ3n) is 3.49. The zero-order valence-electron chi connectivity index (χ0n) is 14.7. The maximum atomic E-state index is 11.2. The molecule has 21 heavy (non-hydrogen) atoms. The summed E-state index contributed by atoms with van der Waals surface area (Å²) in [5, 5.41) is 11.9. The van der Waals surface area contributed by atoms with E-state index in [4.69, 9.17) is 5.26 Å². The number of rotatable bonds is 9. The predicted octanol–water partition coefficient (Wildman–Crippen LogP) is 3.14. The van der Waals surface area contributed by atoms with E-state index in [9.17, 15) is 9.79 Å². The average molecular weight is 336 g/mol. The third-order valence-corrected chi connectivity index (χ3v) is 9.05. The van der Waals surface area contributed by atoms with Crippen molar-refractivity contribution in [2.24, 2.45) is 0 Å². The van der Waals surface area contributed by atoms with E-state index < -0.39 is 15.4 Å². The molecule has 0 rings (SSSR count). The molecule has 0 saturated carbocycles. The minimum absolute atomic E-state index is 0.00394. The summed E-state index contributed by atoms with van der Waals surface area (Å²) in [7, 11) is -5.49. The first-order valence-electron chi connectivity index (χ1n) is 7.75. The third kappa shape index (κ3) is 6.73. The van der Waals surface area contributed by atoms with Gasteiger partial charge in [-0.3, -0.25) is 0 Å². The van der Waals surface area contributed by atoms with Crippen LogP contribution in [0.15, 0.2) is 0 Å². The molecule has 0 unspecified atom stereocenters. The van der Waals surface area contributed by atoms with E-state index in [1.54, 1.807) is 4.67 Å². The van der Waals surface area contributed by atoms with Crippen LogP contribution in [0.4, 0.5) is 0 Å². The average Bonchev–Trinajstić information content (AvgIpc) is 2.22. The first-order valence-corrected chi connectivity index (χ1v) is 13.7. The van der Waals surface area contributed by atoms with Crippen LogP contribution < -0.4 is 5.09 Å². The fourth-order valence-electron chi connectivity index (χ4n) is 2.76. The number of hydrogen-bond acceptors (Lipinski definition) is 5. The van der Waals surface area contributed by atoms with Gasteiger partial charge in [-0.2, -0.15) is 0 Å². The summed E-state index contributed by atoms with van der Waals surface area (Å²) in [5.41, 5.74) is 0. The number of hydrogen-bond donors (Lipinski definition) is 3. The van der Waals surface area contributed by atoms with Crippen LogP contribution in [0.3, 0.4) is 0 Å².